The first-order valence-electron chi connectivity index (χ1n) is 14.4. The largest absolute Gasteiger partial charge is 0.486 e. The van der Waals surface area contributed by atoms with Crippen LogP contribution in [0.15, 0.2) is 18.2 Å². The summed E-state index contributed by atoms with van der Waals surface area (Å²) in [4.78, 5) is 31.5. The number of carbonyl (C=O) groups excluding carboxylic acids is 2. The SMILES string of the molecule is CCCCN1C(=O)[C@H](COCC2CCCCC2)NC(=O)C12CCN(Cc1ccc3c(c1)OCCO3)CC2. The number of carbonyl (C=O) groups is 2. The summed E-state index contributed by atoms with van der Waals surface area (Å²) in [6, 6.07) is 5.54. The van der Waals surface area contributed by atoms with Gasteiger partial charge >= 0.3 is 0 Å². The number of hydrogen-bond acceptors (Lipinski definition) is 6. The van der Waals surface area contributed by atoms with E-state index in [2.05, 4.69) is 29.3 Å². The summed E-state index contributed by atoms with van der Waals surface area (Å²) in [6.45, 7) is 7.20. The lowest BCUT2D eigenvalue weighted by atomic mass is 9.81. The van der Waals surface area contributed by atoms with Crippen LogP contribution in [0.3, 0.4) is 0 Å². The molecule has 3 aliphatic heterocycles. The van der Waals surface area contributed by atoms with E-state index in [1.807, 2.05) is 11.0 Å². The fraction of sp³-hybridized carbons (Fsp3) is 0.724. The number of unbranched alkanes of at least 4 members (excludes halogenated alkanes) is 1. The molecule has 8 heteroatoms. The number of nitrogens with zero attached hydrogens (tertiary/aromatic N) is 2. The van der Waals surface area contributed by atoms with Crippen molar-refractivity contribution in [2.24, 2.45) is 5.92 Å². The average Bonchev–Trinajstić information content (AvgIpc) is 2.93. The lowest BCUT2D eigenvalue weighted by molar-refractivity contribution is -0.163. The summed E-state index contributed by atoms with van der Waals surface area (Å²) < 4.78 is 17.4. The molecule has 0 radical (unpaired) electrons. The van der Waals surface area contributed by atoms with Gasteiger partial charge in [-0.3, -0.25) is 14.5 Å². The topological polar surface area (TPSA) is 80.3 Å². The zero-order valence-electron chi connectivity index (χ0n) is 22.3. The average molecular weight is 514 g/mol. The predicted octanol–water partition coefficient (Wildman–Crippen LogP) is 3.52. The highest BCUT2D eigenvalue weighted by atomic mass is 16.6. The highest BCUT2D eigenvalue weighted by Gasteiger charge is 2.53. The highest BCUT2D eigenvalue weighted by Crippen LogP contribution is 2.35. The van der Waals surface area contributed by atoms with Gasteiger partial charge in [0, 0.05) is 32.8 Å². The van der Waals surface area contributed by atoms with Gasteiger partial charge in [-0.2, -0.15) is 0 Å². The number of amides is 2. The molecular weight excluding hydrogens is 470 g/mol. The number of rotatable bonds is 9. The van der Waals surface area contributed by atoms with Crippen molar-refractivity contribution in [1.29, 1.82) is 0 Å². The Labute approximate surface area is 221 Å². The molecule has 5 rings (SSSR count). The van der Waals surface area contributed by atoms with Gasteiger partial charge in [-0.15, -0.1) is 0 Å². The Kier molecular flexibility index (Phi) is 8.55. The molecule has 8 nitrogen and oxygen atoms in total. The number of nitrogens with one attached hydrogen (secondary N) is 1. The molecule has 3 heterocycles. The van der Waals surface area contributed by atoms with E-state index in [1.54, 1.807) is 0 Å². The Morgan fingerprint density at radius 1 is 1.03 bits per heavy atom. The van der Waals surface area contributed by atoms with Crippen LogP contribution in [0.25, 0.3) is 0 Å². The summed E-state index contributed by atoms with van der Waals surface area (Å²) in [5.41, 5.74) is 0.414. The van der Waals surface area contributed by atoms with Crippen molar-refractivity contribution < 1.29 is 23.8 Å². The second-order valence-electron chi connectivity index (χ2n) is 11.2. The highest BCUT2D eigenvalue weighted by molar-refractivity contribution is 6.00. The number of piperidine rings is 1. The lowest BCUT2D eigenvalue weighted by Gasteiger charge is -2.51. The normalized spacial score (nSPS) is 24.4. The first kappa shape index (κ1) is 26.3. The van der Waals surface area contributed by atoms with Gasteiger partial charge in [0.05, 0.1) is 6.61 Å². The fourth-order valence-corrected chi connectivity index (χ4v) is 6.36. The Morgan fingerprint density at radius 2 is 1.78 bits per heavy atom. The van der Waals surface area contributed by atoms with Crippen LogP contribution in [0.1, 0.15) is 70.3 Å². The minimum absolute atomic E-state index is 0.00607. The monoisotopic (exact) mass is 513 g/mol. The Balaban J connectivity index is 1.20. The van der Waals surface area contributed by atoms with Crippen LogP contribution in [-0.2, 0) is 20.9 Å². The van der Waals surface area contributed by atoms with Crippen molar-refractivity contribution in [3.05, 3.63) is 23.8 Å². The van der Waals surface area contributed by atoms with Gasteiger partial charge in [0.2, 0.25) is 11.8 Å². The van der Waals surface area contributed by atoms with Crippen LogP contribution >= 0.6 is 0 Å². The standard InChI is InChI=1S/C29H43N3O5/c1-2-3-13-32-27(33)24(21-35-20-22-7-5-4-6-8-22)30-28(34)29(32)11-14-31(15-12-29)19-23-9-10-25-26(18-23)37-17-16-36-25/h9-10,18,22,24H,2-8,11-17,19-21H2,1H3,(H,30,34)/t24-/m0/s1. The summed E-state index contributed by atoms with van der Waals surface area (Å²) in [6.07, 6.45) is 9.45. The first-order chi connectivity index (χ1) is 18.1. The molecule has 4 aliphatic rings. The van der Waals surface area contributed by atoms with Crippen molar-refractivity contribution in [2.75, 3.05) is 46.1 Å². The van der Waals surface area contributed by atoms with E-state index in [4.69, 9.17) is 14.2 Å². The van der Waals surface area contributed by atoms with Gasteiger partial charge in [0.25, 0.3) is 0 Å². The van der Waals surface area contributed by atoms with Crippen molar-refractivity contribution in [3.63, 3.8) is 0 Å². The van der Waals surface area contributed by atoms with Crippen LogP contribution in [-0.4, -0.2) is 79.3 Å². The molecule has 1 saturated carbocycles. The molecule has 1 spiro atoms. The third kappa shape index (κ3) is 5.90. The molecule has 2 saturated heterocycles. The van der Waals surface area contributed by atoms with Gasteiger partial charge in [-0.1, -0.05) is 38.7 Å². The minimum Gasteiger partial charge on any atom is -0.486 e. The maximum Gasteiger partial charge on any atom is 0.248 e. The molecule has 1 aromatic rings. The quantitative estimate of drug-likeness (QED) is 0.544. The number of likely N-dealkylation sites (tertiary alicyclic amines) is 1. The van der Waals surface area contributed by atoms with Crippen LogP contribution in [0, 0.1) is 5.92 Å². The Hall–Kier alpha value is -2.32. The second kappa shape index (κ2) is 12.0. The molecule has 204 valence electrons. The number of fused-ring (bicyclic) bond motifs is 1. The zero-order chi connectivity index (χ0) is 25.7. The first-order valence-corrected chi connectivity index (χ1v) is 14.4. The maximum atomic E-state index is 13.6. The van der Waals surface area contributed by atoms with Gasteiger partial charge in [-0.25, -0.2) is 0 Å². The molecule has 0 unspecified atom stereocenters. The van der Waals surface area contributed by atoms with Crippen LogP contribution in [0.5, 0.6) is 11.5 Å². The maximum absolute atomic E-state index is 13.6. The second-order valence-corrected chi connectivity index (χ2v) is 11.2. The van der Waals surface area contributed by atoms with Crippen molar-refractivity contribution in [3.8, 4) is 11.5 Å². The van der Waals surface area contributed by atoms with E-state index >= 15 is 0 Å². The number of ether oxygens (including phenoxy) is 3. The molecule has 2 amide bonds. The minimum atomic E-state index is -0.755. The van der Waals surface area contributed by atoms with Gasteiger partial charge in [0.1, 0.15) is 24.8 Å². The third-order valence-electron chi connectivity index (χ3n) is 8.60. The van der Waals surface area contributed by atoms with Crippen molar-refractivity contribution >= 4 is 11.8 Å². The summed E-state index contributed by atoms with van der Waals surface area (Å²) in [5, 5.41) is 3.07. The molecule has 1 atom stereocenters. The van der Waals surface area contributed by atoms with Crippen LogP contribution in [0.4, 0.5) is 0 Å². The summed E-state index contributed by atoms with van der Waals surface area (Å²) in [5.74, 6) is 2.21. The van der Waals surface area contributed by atoms with E-state index in [0.717, 1.165) is 44.0 Å². The van der Waals surface area contributed by atoms with Crippen molar-refractivity contribution in [2.45, 2.75) is 82.8 Å². The van der Waals surface area contributed by atoms with Gasteiger partial charge < -0.3 is 24.4 Å². The fourth-order valence-electron chi connectivity index (χ4n) is 6.36. The smallest absolute Gasteiger partial charge is 0.248 e. The number of piperazine rings is 1. The molecule has 0 aromatic heterocycles. The molecule has 0 bridgehead atoms. The van der Waals surface area contributed by atoms with E-state index < -0.39 is 11.6 Å². The predicted molar refractivity (Wildman–Crippen MR) is 141 cm³/mol. The molecule has 1 aromatic carbocycles. The summed E-state index contributed by atoms with van der Waals surface area (Å²) >= 11 is 0. The van der Waals surface area contributed by atoms with E-state index in [0.29, 0.717) is 45.1 Å². The van der Waals surface area contributed by atoms with Crippen LogP contribution in [0.2, 0.25) is 0 Å². The molecule has 37 heavy (non-hydrogen) atoms. The third-order valence-corrected chi connectivity index (χ3v) is 8.60. The van der Waals surface area contributed by atoms with E-state index in [1.165, 1.54) is 37.7 Å². The Bertz CT molecular complexity index is 939. The van der Waals surface area contributed by atoms with E-state index in [9.17, 15) is 9.59 Å². The Morgan fingerprint density at radius 3 is 2.54 bits per heavy atom. The number of benzene rings is 1. The van der Waals surface area contributed by atoms with E-state index in [-0.39, 0.29) is 18.4 Å². The van der Waals surface area contributed by atoms with Gasteiger partial charge in [0.15, 0.2) is 11.5 Å². The zero-order valence-corrected chi connectivity index (χ0v) is 22.3. The number of hydrogen-bond donors (Lipinski definition) is 1. The van der Waals surface area contributed by atoms with Crippen LogP contribution < -0.4 is 14.8 Å². The van der Waals surface area contributed by atoms with Crippen molar-refractivity contribution in [1.82, 2.24) is 15.1 Å². The molecule has 3 fully saturated rings. The molecular formula is C29H43N3O5. The van der Waals surface area contributed by atoms with Gasteiger partial charge in [-0.05, 0) is 55.7 Å². The lowest BCUT2D eigenvalue weighted by Crippen LogP contribution is -2.73. The molecule has 1 N–H and O–H groups in total. The molecule has 1 aliphatic carbocycles. The summed E-state index contributed by atoms with van der Waals surface area (Å²) in [7, 11) is 0.